The molecular weight excluding hydrogens is 340 g/mol. The molecule has 0 radical (unpaired) electrons. The number of rotatable bonds is 5. The first kappa shape index (κ1) is 17.5. The van der Waals surface area contributed by atoms with Gasteiger partial charge in [-0.2, -0.15) is 10.4 Å². The predicted octanol–water partition coefficient (Wildman–Crippen LogP) is 2.08. The van der Waals surface area contributed by atoms with Gasteiger partial charge in [0.25, 0.3) is 0 Å². The van der Waals surface area contributed by atoms with Crippen LogP contribution in [-0.4, -0.2) is 33.3 Å². The van der Waals surface area contributed by atoms with Crippen LogP contribution in [0.5, 0.6) is 0 Å². The number of carbonyl (C=O) groups is 1. The number of nitriles is 1. The van der Waals surface area contributed by atoms with Gasteiger partial charge in [-0.3, -0.25) is 9.48 Å². The van der Waals surface area contributed by atoms with Gasteiger partial charge in [0, 0.05) is 37.7 Å². The first-order valence-corrected chi connectivity index (χ1v) is 9.60. The summed E-state index contributed by atoms with van der Waals surface area (Å²) in [5.74, 6) is 0.863. The van der Waals surface area contributed by atoms with Crippen LogP contribution in [0.1, 0.15) is 48.3 Å². The van der Waals surface area contributed by atoms with Gasteiger partial charge < -0.3 is 10.2 Å². The van der Waals surface area contributed by atoms with E-state index in [-0.39, 0.29) is 5.91 Å². The molecule has 1 aliphatic heterocycles. The molecule has 4 rings (SSSR count). The lowest BCUT2D eigenvalue weighted by atomic mass is 10.2. The number of carbonyl (C=O) groups excluding carboxylic acids is 1. The molecule has 1 saturated carbocycles. The summed E-state index contributed by atoms with van der Waals surface area (Å²) in [7, 11) is 0. The topological polar surface area (TPSA) is 86.8 Å². The van der Waals surface area contributed by atoms with Gasteiger partial charge in [0.1, 0.15) is 11.9 Å². The zero-order chi connectivity index (χ0) is 18.8. The zero-order valence-corrected chi connectivity index (χ0v) is 15.6. The van der Waals surface area contributed by atoms with E-state index in [1.165, 1.54) is 0 Å². The van der Waals surface area contributed by atoms with Crippen LogP contribution < -0.4 is 10.2 Å². The molecule has 1 N–H and O–H groups in total. The Balaban J connectivity index is 1.47. The van der Waals surface area contributed by atoms with Crippen molar-refractivity contribution in [2.75, 3.05) is 11.4 Å². The van der Waals surface area contributed by atoms with Gasteiger partial charge in [0.05, 0.1) is 23.5 Å². The molecule has 0 aromatic carbocycles. The molecule has 1 amide bonds. The predicted molar refractivity (Wildman–Crippen MR) is 101 cm³/mol. The van der Waals surface area contributed by atoms with Crippen molar-refractivity contribution in [2.45, 2.75) is 58.2 Å². The Morgan fingerprint density at radius 2 is 2.22 bits per heavy atom. The largest absolute Gasteiger partial charge is 0.353 e. The van der Waals surface area contributed by atoms with Crippen LogP contribution in [0.3, 0.4) is 0 Å². The third-order valence-corrected chi connectivity index (χ3v) is 5.05. The van der Waals surface area contributed by atoms with Gasteiger partial charge in [-0.25, -0.2) is 4.98 Å². The number of aromatic nitrogens is 3. The fourth-order valence-corrected chi connectivity index (χ4v) is 3.47. The van der Waals surface area contributed by atoms with Crippen LogP contribution in [0.4, 0.5) is 5.82 Å². The second-order valence-corrected chi connectivity index (χ2v) is 7.40. The molecule has 27 heavy (non-hydrogen) atoms. The van der Waals surface area contributed by atoms with Crippen molar-refractivity contribution in [3.05, 3.63) is 40.8 Å². The molecule has 0 saturated heterocycles. The van der Waals surface area contributed by atoms with Crippen LogP contribution in [0.2, 0.25) is 0 Å². The number of nitrogens with one attached hydrogen (secondary N) is 1. The maximum absolute atomic E-state index is 11.9. The Kier molecular flexibility index (Phi) is 4.80. The van der Waals surface area contributed by atoms with E-state index in [0.29, 0.717) is 31.0 Å². The average molecular weight is 364 g/mol. The van der Waals surface area contributed by atoms with Crippen LogP contribution in [0.25, 0.3) is 0 Å². The van der Waals surface area contributed by atoms with E-state index in [2.05, 4.69) is 27.3 Å². The highest BCUT2D eigenvalue weighted by Gasteiger charge is 2.24. The molecule has 1 fully saturated rings. The third-order valence-electron chi connectivity index (χ3n) is 5.05. The highest BCUT2D eigenvalue weighted by atomic mass is 16.1. The molecule has 2 aromatic heterocycles. The van der Waals surface area contributed by atoms with Crippen LogP contribution >= 0.6 is 0 Å². The molecule has 7 heteroatoms. The molecular formula is C20H24N6O. The molecule has 7 nitrogen and oxygen atoms in total. The number of anilines is 1. The fourth-order valence-electron chi connectivity index (χ4n) is 3.47. The van der Waals surface area contributed by atoms with E-state index in [4.69, 9.17) is 5.10 Å². The molecule has 1 aliphatic carbocycles. The van der Waals surface area contributed by atoms with Crippen molar-refractivity contribution in [1.82, 2.24) is 20.1 Å². The van der Waals surface area contributed by atoms with Crippen molar-refractivity contribution in [3.63, 3.8) is 0 Å². The number of nitrogens with zero attached hydrogens (tertiary/aromatic N) is 5. The van der Waals surface area contributed by atoms with E-state index in [9.17, 15) is 10.1 Å². The number of fused-ring (bicyclic) bond motifs is 1. The average Bonchev–Trinajstić information content (AvgIpc) is 3.42. The summed E-state index contributed by atoms with van der Waals surface area (Å²) < 4.78 is 2.04. The second kappa shape index (κ2) is 7.39. The van der Waals surface area contributed by atoms with Crippen molar-refractivity contribution in [1.29, 1.82) is 5.26 Å². The lowest BCUT2D eigenvalue weighted by Crippen LogP contribution is -2.25. The lowest BCUT2D eigenvalue weighted by Gasteiger charge is -2.22. The molecule has 0 atom stereocenters. The van der Waals surface area contributed by atoms with Gasteiger partial charge in [-0.05, 0) is 44.4 Å². The summed E-state index contributed by atoms with van der Waals surface area (Å²) in [4.78, 5) is 18.7. The quantitative estimate of drug-likeness (QED) is 0.878. The van der Waals surface area contributed by atoms with E-state index in [1.54, 1.807) is 0 Å². The Hall–Kier alpha value is -2.88. The smallest absolute Gasteiger partial charge is 0.220 e. The Labute approximate surface area is 159 Å². The standard InChI is InChI=1S/C20H24N6O/c1-14-3-4-15(12-21)20(22-14)25-9-2-10-26-18(13-25)11-17(24-26)7-8-19(27)23-16-5-6-16/h3-4,11,16H,2,5-10,13H2,1H3,(H,23,27). The Bertz CT molecular complexity index is 892. The summed E-state index contributed by atoms with van der Waals surface area (Å²) >= 11 is 0. The molecule has 2 aromatic rings. The summed E-state index contributed by atoms with van der Waals surface area (Å²) in [5, 5.41) is 17.1. The molecule has 140 valence electrons. The van der Waals surface area contributed by atoms with Crippen molar-refractivity contribution >= 4 is 11.7 Å². The van der Waals surface area contributed by atoms with Crippen molar-refractivity contribution in [3.8, 4) is 6.07 Å². The maximum atomic E-state index is 11.9. The lowest BCUT2D eigenvalue weighted by molar-refractivity contribution is -0.121. The van der Waals surface area contributed by atoms with Gasteiger partial charge in [0.15, 0.2) is 0 Å². The van der Waals surface area contributed by atoms with Crippen LogP contribution in [-0.2, 0) is 24.3 Å². The summed E-state index contributed by atoms with van der Waals surface area (Å²) in [5.41, 5.74) is 3.57. The van der Waals surface area contributed by atoms with Gasteiger partial charge in [0.2, 0.25) is 5.91 Å². The molecule has 0 spiro atoms. The first-order valence-electron chi connectivity index (χ1n) is 9.60. The fraction of sp³-hybridized carbons (Fsp3) is 0.500. The van der Waals surface area contributed by atoms with E-state index >= 15 is 0 Å². The minimum absolute atomic E-state index is 0.116. The highest BCUT2D eigenvalue weighted by molar-refractivity contribution is 5.76. The minimum atomic E-state index is 0.116. The van der Waals surface area contributed by atoms with Crippen molar-refractivity contribution in [2.24, 2.45) is 0 Å². The van der Waals surface area contributed by atoms with Crippen molar-refractivity contribution < 1.29 is 4.79 Å². The monoisotopic (exact) mass is 364 g/mol. The summed E-state index contributed by atoms with van der Waals surface area (Å²) in [6.07, 6.45) is 4.30. The number of aryl methyl sites for hydroxylation is 3. The summed E-state index contributed by atoms with van der Waals surface area (Å²) in [6.45, 7) is 4.30. The maximum Gasteiger partial charge on any atom is 0.220 e. The minimum Gasteiger partial charge on any atom is -0.353 e. The normalized spacial score (nSPS) is 16.4. The molecule has 3 heterocycles. The number of hydrogen-bond donors (Lipinski definition) is 1. The van der Waals surface area contributed by atoms with E-state index in [0.717, 1.165) is 55.3 Å². The van der Waals surface area contributed by atoms with Crippen LogP contribution in [0, 0.1) is 18.3 Å². The molecule has 0 bridgehead atoms. The Morgan fingerprint density at radius 3 is 3.00 bits per heavy atom. The Morgan fingerprint density at radius 1 is 1.37 bits per heavy atom. The highest BCUT2D eigenvalue weighted by Crippen LogP contribution is 2.24. The van der Waals surface area contributed by atoms with Crippen LogP contribution in [0.15, 0.2) is 18.2 Å². The van der Waals surface area contributed by atoms with E-state index in [1.807, 2.05) is 23.7 Å². The van der Waals surface area contributed by atoms with E-state index < -0.39 is 0 Å². The molecule has 2 aliphatic rings. The third kappa shape index (κ3) is 4.11. The SMILES string of the molecule is Cc1ccc(C#N)c(N2CCCn3nc(CCC(=O)NC4CC4)cc3C2)n1. The number of hydrogen-bond acceptors (Lipinski definition) is 5. The first-order chi connectivity index (χ1) is 13.1. The van der Waals surface area contributed by atoms with Gasteiger partial charge in [-0.15, -0.1) is 0 Å². The number of amides is 1. The number of pyridine rings is 1. The van der Waals surface area contributed by atoms with Gasteiger partial charge >= 0.3 is 0 Å². The zero-order valence-electron chi connectivity index (χ0n) is 15.6. The summed E-state index contributed by atoms with van der Waals surface area (Å²) in [6, 6.07) is 8.45. The van der Waals surface area contributed by atoms with Gasteiger partial charge in [-0.1, -0.05) is 0 Å². The molecule has 0 unspecified atom stereocenters. The second-order valence-electron chi connectivity index (χ2n) is 7.40.